The topological polar surface area (TPSA) is 38.0 Å². The summed E-state index contributed by atoms with van der Waals surface area (Å²) in [6, 6.07) is 9.10. The Labute approximate surface area is 112 Å². The molecular formula is C16H28N2. The molecule has 1 unspecified atom stereocenters. The maximum atomic E-state index is 5.66. The molecule has 0 aliphatic carbocycles. The van der Waals surface area contributed by atoms with Crippen molar-refractivity contribution in [3.8, 4) is 0 Å². The molecule has 0 radical (unpaired) electrons. The molecule has 1 aromatic rings. The van der Waals surface area contributed by atoms with Crippen molar-refractivity contribution in [2.24, 2.45) is 11.8 Å². The third-order valence-corrected chi connectivity index (χ3v) is 3.41. The highest BCUT2D eigenvalue weighted by atomic mass is 15.2. The van der Waals surface area contributed by atoms with E-state index in [-0.39, 0.29) is 11.5 Å². The summed E-state index contributed by atoms with van der Waals surface area (Å²) >= 11 is 0. The molecule has 0 bridgehead atoms. The van der Waals surface area contributed by atoms with Crippen molar-refractivity contribution in [1.29, 1.82) is 0 Å². The van der Waals surface area contributed by atoms with Gasteiger partial charge in [-0.25, -0.2) is 0 Å². The average molecular weight is 248 g/mol. The third kappa shape index (κ3) is 4.43. The Hall–Kier alpha value is -0.860. The number of hydrazine groups is 1. The fraction of sp³-hybridized carbons (Fsp3) is 0.625. The maximum Gasteiger partial charge on any atom is 0.0460 e. The fourth-order valence-electron chi connectivity index (χ4n) is 2.06. The third-order valence-electron chi connectivity index (χ3n) is 3.41. The van der Waals surface area contributed by atoms with Gasteiger partial charge in [0.15, 0.2) is 0 Å². The highest BCUT2D eigenvalue weighted by Crippen LogP contribution is 2.25. The van der Waals surface area contributed by atoms with E-state index < -0.39 is 0 Å². The van der Waals surface area contributed by atoms with Gasteiger partial charge in [-0.15, -0.1) is 0 Å². The minimum atomic E-state index is 0.210. The fourth-order valence-corrected chi connectivity index (χ4v) is 2.06. The average Bonchev–Trinajstić information content (AvgIpc) is 2.29. The Morgan fingerprint density at radius 2 is 1.61 bits per heavy atom. The summed E-state index contributed by atoms with van der Waals surface area (Å²) in [5.74, 6) is 6.38. The monoisotopic (exact) mass is 248 g/mol. The van der Waals surface area contributed by atoms with Crippen LogP contribution in [0.25, 0.3) is 0 Å². The van der Waals surface area contributed by atoms with Gasteiger partial charge in [0.2, 0.25) is 0 Å². The number of rotatable bonds is 5. The molecule has 0 saturated heterocycles. The molecule has 1 atom stereocenters. The summed E-state index contributed by atoms with van der Waals surface area (Å²) in [5.41, 5.74) is 5.79. The van der Waals surface area contributed by atoms with Gasteiger partial charge in [0.1, 0.15) is 0 Å². The molecular weight excluding hydrogens is 220 g/mol. The van der Waals surface area contributed by atoms with Crippen LogP contribution in [-0.4, -0.2) is 0 Å². The second kappa shape index (κ2) is 6.35. The van der Waals surface area contributed by atoms with Gasteiger partial charge in [0.25, 0.3) is 0 Å². The highest BCUT2D eigenvalue weighted by Gasteiger charge is 2.15. The van der Waals surface area contributed by atoms with E-state index in [0.717, 1.165) is 12.3 Å². The number of benzene rings is 1. The lowest BCUT2D eigenvalue weighted by atomic mass is 9.86. The van der Waals surface area contributed by atoms with Crippen molar-refractivity contribution in [1.82, 2.24) is 5.43 Å². The molecule has 1 rings (SSSR count). The molecule has 102 valence electrons. The quantitative estimate of drug-likeness (QED) is 0.612. The zero-order chi connectivity index (χ0) is 13.8. The van der Waals surface area contributed by atoms with Crippen LogP contribution in [0.4, 0.5) is 0 Å². The van der Waals surface area contributed by atoms with Gasteiger partial charge in [0, 0.05) is 6.04 Å². The van der Waals surface area contributed by atoms with Crippen LogP contribution in [0.15, 0.2) is 24.3 Å². The summed E-state index contributed by atoms with van der Waals surface area (Å²) in [7, 11) is 0. The second-order valence-electron chi connectivity index (χ2n) is 6.56. The van der Waals surface area contributed by atoms with Crippen LogP contribution in [0.2, 0.25) is 0 Å². The molecule has 1 aromatic carbocycles. The molecule has 0 aliphatic rings. The summed E-state index contributed by atoms with van der Waals surface area (Å²) in [6.07, 6.45) is 2.28. The molecule has 0 fully saturated rings. The van der Waals surface area contributed by atoms with Crippen LogP contribution in [0, 0.1) is 5.92 Å². The summed E-state index contributed by atoms with van der Waals surface area (Å²) in [5, 5.41) is 0. The van der Waals surface area contributed by atoms with E-state index in [4.69, 9.17) is 5.84 Å². The normalized spacial score (nSPS) is 13.9. The Morgan fingerprint density at radius 3 is 2.00 bits per heavy atom. The number of nitrogens with one attached hydrogen (secondary N) is 1. The first-order chi connectivity index (χ1) is 8.34. The maximum absolute atomic E-state index is 5.66. The van der Waals surface area contributed by atoms with Crippen LogP contribution in [-0.2, 0) is 5.41 Å². The van der Waals surface area contributed by atoms with E-state index in [2.05, 4.69) is 64.3 Å². The lowest BCUT2D eigenvalue weighted by Crippen LogP contribution is -2.28. The van der Waals surface area contributed by atoms with Crippen LogP contribution in [0.3, 0.4) is 0 Å². The van der Waals surface area contributed by atoms with Crippen molar-refractivity contribution in [3.63, 3.8) is 0 Å². The Kier molecular flexibility index (Phi) is 5.36. The molecule has 0 saturated carbocycles. The Bertz CT molecular complexity index is 346. The molecule has 0 amide bonds. The standard InChI is InChI=1S/C16H28N2/c1-12(2)6-11-15(18-17)13-7-9-14(10-8-13)16(3,4)5/h7-10,12,15,18H,6,11,17H2,1-5H3. The van der Waals surface area contributed by atoms with E-state index in [1.54, 1.807) is 0 Å². The van der Waals surface area contributed by atoms with E-state index in [0.29, 0.717) is 0 Å². The minimum Gasteiger partial charge on any atom is -0.271 e. The van der Waals surface area contributed by atoms with E-state index in [1.165, 1.54) is 17.5 Å². The lowest BCUT2D eigenvalue weighted by molar-refractivity contribution is 0.448. The van der Waals surface area contributed by atoms with Crippen molar-refractivity contribution < 1.29 is 0 Å². The first kappa shape index (κ1) is 15.2. The van der Waals surface area contributed by atoms with Gasteiger partial charge in [-0.1, -0.05) is 58.9 Å². The van der Waals surface area contributed by atoms with Crippen molar-refractivity contribution in [2.45, 2.75) is 58.9 Å². The molecule has 3 N–H and O–H groups in total. The molecule has 2 nitrogen and oxygen atoms in total. The van der Waals surface area contributed by atoms with Crippen molar-refractivity contribution in [2.75, 3.05) is 0 Å². The number of hydrogen-bond acceptors (Lipinski definition) is 2. The van der Waals surface area contributed by atoms with Gasteiger partial charge in [0.05, 0.1) is 0 Å². The van der Waals surface area contributed by atoms with E-state index in [1.807, 2.05) is 0 Å². The Balaban J connectivity index is 2.76. The van der Waals surface area contributed by atoms with Crippen LogP contribution in [0.1, 0.15) is 64.6 Å². The Morgan fingerprint density at radius 1 is 1.06 bits per heavy atom. The first-order valence-electron chi connectivity index (χ1n) is 6.91. The largest absolute Gasteiger partial charge is 0.271 e. The van der Waals surface area contributed by atoms with Gasteiger partial charge in [-0.2, -0.15) is 0 Å². The number of nitrogens with two attached hydrogens (primary N) is 1. The summed E-state index contributed by atoms with van der Waals surface area (Å²) in [4.78, 5) is 0. The zero-order valence-electron chi connectivity index (χ0n) is 12.5. The number of hydrogen-bond donors (Lipinski definition) is 2. The molecule has 0 aromatic heterocycles. The smallest absolute Gasteiger partial charge is 0.0460 e. The lowest BCUT2D eigenvalue weighted by Gasteiger charge is -2.21. The molecule has 2 heteroatoms. The molecule has 0 aliphatic heterocycles. The summed E-state index contributed by atoms with van der Waals surface area (Å²) < 4.78 is 0. The predicted molar refractivity (Wildman–Crippen MR) is 79.3 cm³/mol. The molecule has 0 heterocycles. The van der Waals surface area contributed by atoms with Crippen molar-refractivity contribution >= 4 is 0 Å². The van der Waals surface area contributed by atoms with Gasteiger partial charge < -0.3 is 0 Å². The molecule has 0 spiro atoms. The van der Waals surface area contributed by atoms with Crippen LogP contribution >= 0.6 is 0 Å². The van der Waals surface area contributed by atoms with Crippen LogP contribution < -0.4 is 11.3 Å². The zero-order valence-corrected chi connectivity index (χ0v) is 12.5. The van der Waals surface area contributed by atoms with Crippen molar-refractivity contribution in [3.05, 3.63) is 35.4 Å². The first-order valence-corrected chi connectivity index (χ1v) is 6.91. The van der Waals surface area contributed by atoms with E-state index >= 15 is 0 Å². The minimum absolute atomic E-state index is 0.210. The summed E-state index contributed by atoms with van der Waals surface area (Å²) in [6.45, 7) is 11.2. The van der Waals surface area contributed by atoms with Gasteiger partial charge in [-0.05, 0) is 35.3 Å². The molecule has 18 heavy (non-hydrogen) atoms. The van der Waals surface area contributed by atoms with E-state index in [9.17, 15) is 0 Å². The SMILES string of the molecule is CC(C)CCC(NN)c1ccc(C(C)(C)C)cc1. The van der Waals surface area contributed by atoms with Gasteiger partial charge >= 0.3 is 0 Å². The predicted octanol–water partition coefficient (Wildman–Crippen LogP) is 3.92. The van der Waals surface area contributed by atoms with Gasteiger partial charge in [-0.3, -0.25) is 11.3 Å². The highest BCUT2D eigenvalue weighted by molar-refractivity contribution is 5.29. The van der Waals surface area contributed by atoms with Crippen LogP contribution in [0.5, 0.6) is 0 Å². The second-order valence-corrected chi connectivity index (χ2v) is 6.56.